The Morgan fingerprint density at radius 2 is 1.33 bits per heavy atom. The average Bonchev–Trinajstić information content (AvgIpc) is 3.39. The molecule has 0 saturated heterocycles. The molecular weight excluding hydrogens is 402 g/mol. The van der Waals surface area contributed by atoms with Crippen LogP contribution in [0.2, 0.25) is 0 Å². The number of nitrogens with zero attached hydrogens (tertiary/aromatic N) is 1. The predicted molar refractivity (Wildman–Crippen MR) is 138 cm³/mol. The van der Waals surface area contributed by atoms with Gasteiger partial charge < -0.3 is 8.98 Å². The van der Waals surface area contributed by atoms with Gasteiger partial charge in [-0.05, 0) is 60.0 Å². The first kappa shape index (κ1) is 18.3. The first-order chi connectivity index (χ1) is 16.3. The van der Waals surface area contributed by atoms with Gasteiger partial charge >= 0.3 is 0 Å². The van der Waals surface area contributed by atoms with Gasteiger partial charge in [0.15, 0.2) is 0 Å². The van der Waals surface area contributed by atoms with Crippen LogP contribution in [0, 0.1) is 6.92 Å². The molecule has 5 aromatic carbocycles. The van der Waals surface area contributed by atoms with E-state index in [1.54, 1.807) is 0 Å². The highest BCUT2D eigenvalue weighted by molar-refractivity contribution is 6.14. The molecule has 7 rings (SSSR count). The first-order valence-electron chi connectivity index (χ1n) is 11.3. The molecular formula is C31H21NO. The Hall–Kier alpha value is -4.30. The molecule has 0 radical (unpaired) electrons. The quantitative estimate of drug-likeness (QED) is 0.272. The van der Waals surface area contributed by atoms with Crippen molar-refractivity contribution in [2.24, 2.45) is 0 Å². The van der Waals surface area contributed by atoms with Crippen LogP contribution in [0.1, 0.15) is 5.56 Å². The number of rotatable bonds is 2. The molecule has 0 bridgehead atoms. The SMILES string of the molecule is Cc1cccc(-n2c3ccccc3c3ccc(-c4cccc5oc6ccccc6c45)cc32)c1. The number of hydrogen-bond acceptors (Lipinski definition) is 1. The van der Waals surface area contributed by atoms with Crippen LogP contribution in [-0.2, 0) is 0 Å². The van der Waals surface area contributed by atoms with Crippen LogP contribution >= 0.6 is 0 Å². The van der Waals surface area contributed by atoms with Crippen LogP contribution in [0.5, 0.6) is 0 Å². The van der Waals surface area contributed by atoms with E-state index in [1.165, 1.54) is 49.6 Å². The third kappa shape index (κ3) is 2.68. The van der Waals surface area contributed by atoms with Crippen molar-refractivity contribution in [3.05, 3.63) is 115 Å². The van der Waals surface area contributed by atoms with E-state index in [0.29, 0.717) is 0 Å². The number of fused-ring (bicyclic) bond motifs is 6. The average molecular weight is 424 g/mol. The van der Waals surface area contributed by atoms with Crippen molar-refractivity contribution in [1.29, 1.82) is 0 Å². The van der Waals surface area contributed by atoms with Crippen LogP contribution in [-0.4, -0.2) is 4.57 Å². The van der Waals surface area contributed by atoms with Crippen molar-refractivity contribution in [2.75, 3.05) is 0 Å². The van der Waals surface area contributed by atoms with Crippen LogP contribution in [0.15, 0.2) is 114 Å². The Bertz CT molecular complexity index is 1830. The van der Waals surface area contributed by atoms with Crippen LogP contribution < -0.4 is 0 Å². The van der Waals surface area contributed by atoms with Crippen molar-refractivity contribution < 1.29 is 4.42 Å². The molecule has 33 heavy (non-hydrogen) atoms. The van der Waals surface area contributed by atoms with Crippen molar-refractivity contribution >= 4 is 43.7 Å². The molecule has 0 spiro atoms. The fourth-order valence-electron chi connectivity index (χ4n) is 5.20. The fraction of sp³-hybridized carbons (Fsp3) is 0.0323. The predicted octanol–water partition coefficient (Wildman–Crippen LogP) is 8.66. The second kappa shape index (κ2) is 6.85. The zero-order valence-corrected chi connectivity index (χ0v) is 18.2. The topological polar surface area (TPSA) is 18.1 Å². The normalized spacial score (nSPS) is 11.8. The molecule has 0 saturated carbocycles. The Kier molecular flexibility index (Phi) is 3.80. The van der Waals surface area contributed by atoms with Crippen LogP contribution in [0.25, 0.3) is 60.6 Å². The monoisotopic (exact) mass is 423 g/mol. The maximum absolute atomic E-state index is 6.15. The number of para-hydroxylation sites is 2. The van der Waals surface area contributed by atoms with Gasteiger partial charge in [0.1, 0.15) is 11.2 Å². The summed E-state index contributed by atoms with van der Waals surface area (Å²) < 4.78 is 8.53. The molecule has 0 atom stereocenters. The summed E-state index contributed by atoms with van der Waals surface area (Å²) in [5, 5.41) is 4.86. The van der Waals surface area contributed by atoms with Gasteiger partial charge in [-0.25, -0.2) is 0 Å². The zero-order valence-electron chi connectivity index (χ0n) is 18.2. The molecule has 2 nitrogen and oxygen atoms in total. The number of hydrogen-bond donors (Lipinski definition) is 0. The largest absolute Gasteiger partial charge is 0.456 e. The molecule has 0 fully saturated rings. The lowest BCUT2D eigenvalue weighted by atomic mass is 9.98. The summed E-state index contributed by atoms with van der Waals surface area (Å²) in [6.45, 7) is 2.15. The molecule has 0 amide bonds. The van der Waals surface area contributed by atoms with Crippen molar-refractivity contribution in [3.63, 3.8) is 0 Å². The highest BCUT2D eigenvalue weighted by Crippen LogP contribution is 2.39. The highest BCUT2D eigenvalue weighted by atomic mass is 16.3. The van der Waals surface area contributed by atoms with E-state index in [0.717, 1.165) is 16.6 Å². The van der Waals surface area contributed by atoms with Crippen molar-refractivity contribution in [3.8, 4) is 16.8 Å². The maximum atomic E-state index is 6.15. The van der Waals surface area contributed by atoms with Gasteiger partial charge in [0.25, 0.3) is 0 Å². The van der Waals surface area contributed by atoms with E-state index in [2.05, 4.69) is 109 Å². The lowest BCUT2D eigenvalue weighted by Gasteiger charge is -2.10. The van der Waals surface area contributed by atoms with E-state index in [1.807, 2.05) is 12.1 Å². The Morgan fingerprint density at radius 1 is 0.576 bits per heavy atom. The van der Waals surface area contributed by atoms with E-state index in [9.17, 15) is 0 Å². The maximum Gasteiger partial charge on any atom is 0.136 e. The van der Waals surface area contributed by atoms with Gasteiger partial charge in [0.2, 0.25) is 0 Å². The minimum Gasteiger partial charge on any atom is -0.456 e. The Morgan fingerprint density at radius 3 is 2.24 bits per heavy atom. The molecule has 0 unspecified atom stereocenters. The van der Waals surface area contributed by atoms with E-state index < -0.39 is 0 Å². The molecule has 2 heterocycles. The van der Waals surface area contributed by atoms with E-state index >= 15 is 0 Å². The molecule has 2 aromatic heterocycles. The third-order valence-electron chi connectivity index (χ3n) is 6.65. The van der Waals surface area contributed by atoms with E-state index in [4.69, 9.17) is 4.42 Å². The van der Waals surface area contributed by atoms with Crippen LogP contribution in [0.4, 0.5) is 0 Å². The first-order valence-corrected chi connectivity index (χ1v) is 11.3. The molecule has 0 aliphatic heterocycles. The van der Waals surface area contributed by atoms with Gasteiger partial charge in [0.05, 0.1) is 11.0 Å². The number of aromatic nitrogens is 1. The zero-order chi connectivity index (χ0) is 21.9. The smallest absolute Gasteiger partial charge is 0.136 e. The molecule has 2 heteroatoms. The van der Waals surface area contributed by atoms with Gasteiger partial charge in [-0.2, -0.15) is 0 Å². The summed E-state index contributed by atoms with van der Waals surface area (Å²) in [7, 11) is 0. The van der Waals surface area contributed by atoms with Crippen molar-refractivity contribution in [2.45, 2.75) is 6.92 Å². The minimum atomic E-state index is 0.924. The summed E-state index contributed by atoms with van der Waals surface area (Å²) in [4.78, 5) is 0. The van der Waals surface area contributed by atoms with Gasteiger partial charge in [-0.15, -0.1) is 0 Å². The number of aryl methyl sites for hydroxylation is 1. The second-order valence-corrected chi connectivity index (χ2v) is 8.70. The summed E-state index contributed by atoms with van der Waals surface area (Å²) in [5.41, 5.74) is 9.11. The van der Waals surface area contributed by atoms with Gasteiger partial charge in [0, 0.05) is 27.2 Å². The second-order valence-electron chi connectivity index (χ2n) is 8.70. The van der Waals surface area contributed by atoms with E-state index in [-0.39, 0.29) is 0 Å². The standard InChI is InChI=1S/C31H21NO/c1-20-8-6-9-22(18-20)32-27-13-4-2-10-24(27)25-17-16-21(19-28(25)32)23-12-7-15-30-31(23)26-11-3-5-14-29(26)33-30/h2-19H,1H3. The minimum absolute atomic E-state index is 0.924. The molecule has 156 valence electrons. The third-order valence-corrected chi connectivity index (χ3v) is 6.65. The summed E-state index contributed by atoms with van der Waals surface area (Å²) in [6, 6.07) is 38.8. The fourth-order valence-corrected chi connectivity index (χ4v) is 5.20. The Labute approximate surface area is 191 Å². The summed E-state index contributed by atoms with van der Waals surface area (Å²) in [5.74, 6) is 0. The number of furan rings is 1. The lowest BCUT2D eigenvalue weighted by molar-refractivity contribution is 0.669. The summed E-state index contributed by atoms with van der Waals surface area (Å²) in [6.07, 6.45) is 0. The summed E-state index contributed by atoms with van der Waals surface area (Å²) >= 11 is 0. The van der Waals surface area contributed by atoms with Gasteiger partial charge in [-0.3, -0.25) is 0 Å². The number of benzene rings is 5. The van der Waals surface area contributed by atoms with Crippen LogP contribution in [0.3, 0.4) is 0 Å². The lowest BCUT2D eigenvalue weighted by Crippen LogP contribution is -1.94. The Balaban J connectivity index is 1.58. The van der Waals surface area contributed by atoms with Gasteiger partial charge in [-0.1, -0.05) is 72.8 Å². The molecule has 7 aromatic rings. The van der Waals surface area contributed by atoms with Crippen molar-refractivity contribution in [1.82, 2.24) is 4.57 Å². The molecule has 0 aliphatic rings. The molecule has 0 N–H and O–H groups in total. The molecule has 0 aliphatic carbocycles. The highest BCUT2D eigenvalue weighted by Gasteiger charge is 2.16.